The Bertz CT molecular complexity index is 480. The first-order chi connectivity index (χ1) is 8.58. The second-order valence-electron chi connectivity index (χ2n) is 4.75. The highest BCUT2D eigenvalue weighted by Gasteiger charge is 2.24. The van der Waals surface area contributed by atoms with Gasteiger partial charge in [-0.1, -0.05) is 24.2 Å². The molecule has 0 bridgehead atoms. The summed E-state index contributed by atoms with van der Waals surface area (Å²) >= 11 is 1.10. The van der Waals surface area contributed by atoms with Crippen LogP contribution in [-0.2, 0) is 11.3 Å². The largest absolute Gasteiger partial charge is 0.391 e. The molecule has 2 rings (SSSR count). The summed E-state index contributed by atoms with van der Waals surface area (Å²) in [4.78, 5) is 23.2. The molecule has 5 nitrogen and oxygen atoms in total. The number of thiazole rings is 1. The number of hydrogen-bond acceptors (Lipinski definition) is 4. The highest BCUT2D eigenvalue weighted by Crippen LogP contribution is 2.18. The molecule has 0 aliphatic heterocycles. The van der Waals surface area contributed by atoms with E-state index in [0.717, 1.165) is 42.7 Å². The summed E-state index contributed by atoms with van der Waals surface area (Å²) in [6.45, 7) is 1.85. The molecular weight excluding hydrogens is 252 g/mol. The van der Waals surface area contributed by atoms with E-state index in [1.165, 1.54) is 4.57 Å². The molecule has 1 aromatic heterocycles. The monoisotopic (exact) mass is 270 g/mol. The van der Waals surface area contributed by atoms with Crippen LogP contribution in [0.3, 0.4) is 0 Å². The van der Waals surface area contributed by atoms with Gasteiger partial charge in [0.2, 0.25) is 5.91 Å². The van der Waals surface area contributed by atoms with Gasteiger partial charge in [-0.15, -0.1) is 0 Å². The lowest BCUT2D eigenvalue weighted by atomic mass is 9.92. The number of hydrogen-bond donors (Lipinski definition) is 2. The Morgan fingerprint density at radius 3 is 2.89 bits per heavy atom. The zero-order valence-corrected chi connectivity index (χ0v) is 11.2. The molecule has 1 fully saturated rings. The summed E-state index contributed by atoms with van der Waals surface area (Å²) in [7, 11) is 0. The molecule has 2 N–H and O–H groups in total. The Hall–Kier alpha value is -1.14. The SMILES string of the molecule is Cc1csc(=O)n1CC(=O)N[C@@H]1CCCC[C@H]1O. The number of carbonyl (C=O) groups excluding carboxylic acids is 1. The normalized spacial score (nSPS) is 23.9. The van der Waals surface area contributed by atoms with Crippen molar-refractivity contribution in [2.75, 3.05) is 0 Å². The molecule has 1 amide bonds. The van der Waals surface area contributed by atoms with Crippen molar-refractivity contribution in [3.05, 3.63) is 20.7 Å². The predicted octanol–water partition coefficient (Wildman–Crippen LogP) is 0.638. The van der Waals surface area contributed by atoms with Gasteiger partial charge in [-0.3, -0.25) is 14.2 Å². The van der Waals surface area contributed by atoms with Gasteiger partial charge in [-0.05, 0) is 19.8 Å². The second-order valence-corrected chi connectivity index (χ2v) is 5.58. The van der Waals surface area contributed by atoms with E-state index in [-0.39, 0.29) is 23.4 Å². The molecule has 0 aromatic carbocycles. The number of aliphatic hydroxyl groups is 1. The van der Waals surface area contributed by atoms with Crippen LogP contribution in [0, 0.1) is 6.92 Å². The van der Waals surface area contributed by atoms with E-state index >= 15 is 0 Å². The average molecular weight is 270 g/mol. The number of amides is 1. The molecule has 1 aromatic rings. The molecule has 1 saturated carbocycles. The van der Waals surface area contributed by atoms with E-state index in [2.05, 4.69) is 5.32 Å². The third-order valence-electron chi connectivity index (χ3n) is 3.35. The molecule has 2 atom stereocenters. The highest BCUT2D eigenvalue weighted by atomic mass is 32.1. The fraction of sp³-hybridized carbons (Fsp3) is 0.667. The molecule has 6 heteroatoms. The van der Waals surface area contributed by atoms with Crippen LogP contribution in [0.4, 0.5) is 0 Å². The number of rotatable bonds is 3. The van der Waals surface area contributed by atoms with Gasteiger partial charge < -0.3 is 10.4 Å². The van der Waals surface area contributed by atoms with E-state index in [0.29, 0.717) is 0 Å². The van der Waals surface area contributed by atoms with Gasteiger partial charge in [-0.2, -0.15) is 0 Å². The number of nitrogens with zero attached hydrogens (tertiary/aromatic N) is 1. The van der Waals surface area contributed by atoms with E-state index in [1.807, 2.05) is 0 Å². The topological polar surface area (TPSA) is 71.3 Å². The van der Waals surface area contributed by atoms with E-state index in [4.69, 9.17) is 0 Å². The van der Waals surface area contributed by atoms with Crippen molar-refractivity contribution >= 4 is 17.2 Å². The van der Waals surface area contributed by atoms with Crippen LogP contribution in [0.1, 0.15) is 31.4 Å². The van der Waals surface area contributed by atoms with Crippen LogP contribution < -0.4 is 10.2 Å². The molecule has 0 spiro atoms. The Balaban J connectivity index is 1.94. The standard InChI is InChI=1S/C12H18N2O3S/c1-8-7-18-12(17)14(8)6-11(16)13-9-4-2-3-5-10(9)15/h7,9-10,15H,2-6H2,1H3,(H,13,16)/t9-,10-/m1/s1. The Labute approximate surface area is 109 Å². The van der Waals surface area contributed by atoms with Crippen molar-refractivity contribution in [3.8, 4) is 0 Å². The Morgan fingerprint density at radius 2 is 2.28 bits per heavy atom. The zero-order valence-electron chi connectivity index (χ0n) is 10.4. The minimum atomic E-state index is -0.456. The summed E-state index contributed by atoms with van der Waals surface area (Å²) in [5.74, 6) is -0.204. The molecule has 0 unspecified atom stereocenters. The molecule has 18 heavy (non-hydrogen) atoms. The lowest BCUT2D eigenvalue weighted by molar-refractivity contribution is -0.123. The smallest absolute Gasteiger partial charge is 0.307 e. The van der Waals surface area contributed by atoms with Crippen molar-refractivity contribution in [1.82, 2.24) is 9.88 Å². The molecule has 1 aliphatic rings. The van der Waals surface area contributed by atoms with Crippen molar-refractivity contribution < 1.29 is 9.90 Å². The molecule has 100 valence electrons. The van der Waals surface area contributed by atoms with Crippen LogP contribution in [0.2, 0.25) is 0 Å². The van der Waals surface area contributed by atoms with Crippen molar-refractivity contribution in [1.29, 1.82) is 0 Å². The van der Waals surface area contributed by atoms with E-state index in [9.17, 15) is 14.7 Å². The van der Waals surface area contributed by atoms with Crippen molar-refractivity contribution in [2.24, 2.45) is 0 Å². The first kappa shape index (κ1) is 13.3. The van der Waals surface area contributed by atoms with E-state index in [1.54, 1.807) is 12.3 Å². The zero-order chi connectivity index (χ0) is 13.1. The molecule has 1 aliphatic carbocycles. The summed E-state index contributed by atoms with van der Waals surface area (Å²) in [6.07, 6.45) is 3.13. The lowest BCUT2D eigenvalue weighted by Gasteiger charge is -2.28. The van der Waals surface area contributed by atoms with Crippen LogP contribution >= 0.6 is 11.3 Å². The lowest BCUT2D eigenvalue weighted by Crippen LogP contribution is -2.46. The summed E-state index contributed by atoms with van der Waals surface area (Å²) in [5.41, 5.74) is 0.796. The van der Waals surface area contributed by atoms with Gasteiger partial charge in [-0.25, -0.2) is 0 Å². The van der Waals surface area contributed by atoms with Gasteiger partial charge >= 0.3 is 4.87 Å². The Kier molecular flexibility index (Phi) is 4.19. The summed E-state index contributed by atoms with van der Waals surface area (Å²) < 4.78 is 1.45. The maximum atomic E-state index is 11.9. The maximum Gasteiger partial charge on any atom is 0.307 e. The van der Waals surface area contributed by atoms with Crippen LogP contribution in [0.15, 0.2) is 10.2 Å². The van der Waals surface area contributed by atoms with Crippen molar-refractivity contribution in [2.45, 2.75) is 51.3 Å². The third-order valence-corrected chi connectivity index (χ3v) is 4.24. The minimum absolute atomic E-state index is 0.0391. The molecule has 0 saturated heterocycles. The summed E-state index contributed by atoms with van der Waals surface area (Å²) in [5, 5.41) is 14.3. The van der Waals surface area contributed by atoms with Gasteiger partial charge in [0.05, 0.1) is 12.1 Å². The average Bonchev–Trinajstić information content (AvgIpc) is 2.64. The second kappa shape index (κ2) is 5.67. The fourth-order valence-corrected chi connectivity index (χ4v) is 3.01. The highest BCUT2D eigenvalue weighted by molar-refractivity contribution is 7.07. The van der Waals surface area contributed by atoms with Gasteiger partial charge in [0, 0.05) is 11.1 Å². The summed E-state index contributed by atoms with van der Waals surface area (Å²) in [6, 6.07) is -0.166. The third kappa shape index (κ3) is 3.00. The number of carbonyl (C=O) groups is 1. The maximum absolute atomic E-state index is 11.9. The van der Waals surface area contributed by atoms with Crippen LogP contribution in [0.5, 0.6) is 0 Å². The number of aryl methyl sites for hydroxylation is 1. The molecule has 1 heterocycles. The number of aromatic nitrogens is 1. The molecular formula is C12H18N2O3S. The van der Waals surface area contributed by atoms with Crippen LogP contribution in [-0.4, -0.2) is 27.7 Å². The van der Waals surface area contributed by atoms with E-state index < -0.39 is 6.10 Å². The van der Waals surface area contributed by atoms with Gasteiger partial charge in [0.15, 0.2) is 0 Å². The fourth-order valence-electron chi connectivity index (χ4n) is 2.27. The first-order valence-electron chi connectivity index (χ1n) is 6.20. The minimum Gasteiger partial charge on any atom is -0.391 e. The Morgan fingerprint density at radius 1 is 1.56 bits per heavy atom. The van der Waals surface area contributed by atoms with Crippen molar-refractivity contribution in [3.63, 3.8) is 0 Å². The van der Waals surface area contributed by atoms with Gasteiger partial charge in [0.25, 0.3) is 0 Å². The number of aliphatic hydroxyl groups excluding tert-OH is 1. The quantitative estimate of drug-likeness (QED) is 0.846. The predicted molar refractivity (Wildman–Crippen MR) is 69.7 cm³/mol. The number of nitrogens with one attached hydrogen (secondary N) is 1. The van der Waals surface area contributed by atoms with Crippen LogP contribution in [0.25, 0.3) is 0 Å². The first-order valence-corrected chi connectivity index (χ1v) is 7.08. The molecule has 0 radical (unpaired) electrons. The van der Waals surface area contributed by atoms with Gasteiger partial charge in [0.1, 0.15) is 6.54 Å².